The van der Waals surface area contributed by atoms with E-state index in [4.69, 9.17) is 0 Å². The smallest absolute Gasteiger partial charge is 0.358 e. The van der Waals surface area contributed by atoms with Crippen LogP contribution in [0.4, 0.5) is 17.6 Å². The number of hydrogen-bond acceptors (Lipinski definition) is 3. The third-order valence-corrected chi connectivity index (χ3v) is 3.38. The van der Waals surface area contributed by atoms with Gasteiger partial charge in [-0.25, -0.2) is 8.78 Å². The molecule has 0 aliphatic heterocycles. The van der Waals surface area contributed by atoms with Crippen LogP contribution in [-0.4, -0.2) is 16.5 Å². The lowest BCUT2D eigenvalue weighted by Gasteiger charge is -2.10. The van der Waals surface area contributed by atoms with E-state index >= 15 is 0 Å². The van der Waals surface area contributed by atoms with Gasteiger partial charge in [-0.05, 0) is 5.56 Å². The predicted molar refractivity (Wildman–Crippen MR) is 59.1 cm³/mol. The fraction of sp³-hybridized carbons (Fsp3) is 0.182. The summed E-state index contributed by atoms with van der Waals surface area (Å²) in [7, 11) is 0. The van der Waals surface area contributed by atoms with E-state index in [1.165, 1.54) is 0 Å². The third-order valence-electron chi connectivity index (χ3n) is 2.20. The minimum atomic E-state index is -4.35. The average Bonchev–Trinajstić information content (AvgIpc) is 2.73. The number of rotatable bonds is 3. The molecule has 0 saturated carbocycles. The van der Waals surface area contributed by atoms with Crippen molar-refractivity contribution in [2.75, 3.05) is 0 Å². The Hall–Kier alpha value is -1.63. The van der Waals surface area contributed by atoms with E-state index in [2.05, 4.69) is 4.98 Å². The van der Waals surface area contributed by atoms with Gasteiger partial charge in [-0.3, -0.25) is 0 Å². The Morgan fingerprint density at radius 1 is 1.17 bits per heavy atom. The molecule has 0 bridgehead atoms. The van der Waals surface area contributed by atoms with Crippen LogP contribution in [0.3, 0.4) is 0 Å². The lowest BCUT2D eigenvalue weighted by atomic mass is 10.2. The quantitative estimate of drug-likeness (QED) is 0.864. The van der Waals surface area contributed by atoms with E-state index in [0.29, 0.717) is 16.9 Å². The number of benzene rings is 1. The van der Waals surface area contributed by atoms with Crippen molar-refractivity contribution in [1.82, 2.24) is 4.98 Å². The standard InChI is InChI=1S/C11H7F4NOS/c12-9(13)11(14,15)10-16-8(17)7(18-10)6-4-2-1-3-5-6/h1-5,9,17H. The van der Waals surface area contributed by atoms with E-state index < -0.39 is 23.2 Å². The van der Waals surface area contributed by atoms with E-state index in [1.54, 1.807) is 30.3 Å². The van der Waals surface area contributed by atoms with Gasteiger partial charge >= 0.3 is 12.3 Å². The number of aromatic hydroxyl groups is 1. The second-order valence-corrected chi connectivity index (χ2v) is 4.46. The highest BCUT2D eigenvalue weighted by molar-refractivity contribution is 7.15. The van der Waals surface area contributed by atoms with Crippen molar-refractivity contribution in [3.63, 3.8) is 0 Å². The summed E-state index contributed by atoms with van der Waals surface area (Å²) in [6.07, 6.45) is -3.85. The second-order valence-electron chi connectivity index (χ2n) is 3.46. The van der Waals surface area contributed by atoms with Crippen LogP contribution in [0.1, 0.15) is 5.01 Å². The molecule has 1 aromatic carbocycles. The van der Waals surface area contributed by atoms with Gasteiger partial charge in [0.15, 0.2) is 5.01 Å². The molecule has 0 atom stereocenters. The zero-order valence-corrected chi connectivity index (χ0v) is 9.60. The summed E-state index contributed by atoms with van der Waals surface area (Å²) in [5, 5.41) is 8.36. The summed E-state index contributed by atoms with van der Waals surface area (Å²) in [6, 6.07) is 8.12. The Bertz CT molecular complexity index is 541. The van der Waals surface area contributed by atoms with Gasteiger partial charge in [0.05, 0.1) is 4.88 Å². The van der Waals surface area contributed by atoms with Crippen LogP contribution >= 0.6 is 11.3 Å². The number of hydrogen-bond donors (Lipinski definition) is 1. The van der Waals surface area contributed by atoms with Gasteiger partial charge < -0.3 is 5.11 Å². The van der Waals surface area contributed by atoms with Crippen molar-refractivity contribution >= 4 is 11.3 Å². The fourth-order valence-electron chi connectivity index (χ4n) is 1.33. The van der Waals surface area contributed by atoms with Gasteiger partial charge in [0, 0.05) is 0 Å². The second kappa shape index (κ2) is 4.56. The SMILES string of the molecule is Oc1nc(C(F)(F)C(F)F)sc1-c1ccccc1. The number of nitrogens with zero attached hydrogens (tertiary/aromatic N) is 1. The first kappa shape index (κ1) is 12.8. The Morgan fingerprint density at radius 3 is 2.33 bits per heavy atom. The zero-order valence-electron chi connectivity index (χ0n) is 8.78. The summed E-state index contributed by atoms with van der Waals surface area (Å²) >= 11 is 0.357. The highest BCUT2D eigenvalue weighted by atomic mass is 32.1. The first-order chi connectivity index (χ1) is 8.43. The summed E-state index contributed by atoms with van der Waals surface area (Å²) in [6.45, 7) is 0. The van der Waals surface area contributed by atoms with Crippen molar-refractivity contribution in [3.05, 3.63) is 35.3 Å². The monoisotopic (exact) mass is 277 g/mol. The Labute approximate surface area is 104 Å². The molecule has 0 aliphatic carbocycles. The predicted octanol–water partition coefficient (Wildman–Crippen LogP) is 3.87. The number of thiazole rings is 1. The summed E-state index contributed by atoms with van der Waals surface area (Å²) in [5.74, 6) is -5.02. The molecule has 0 amide bonds. The molecule has 2 rings (SSSR count). The molecule has 7 heteroatoms. The first-order valence-corrected chi connectivity index (χ1v) is 5.66. The molecule has 18 heavy (non-hydrogen) atoms. The molecular formula is C11H7F4NOS. The Morgan fingerprint density at radius 2 is 1.78 bits per heavy atom. The van der Waals surface area contributed by atoms with E-state index in [9.17, 15) is 22.7 Å². The number of alkyl halides is 4. The summed E-state index contributed by atoms with van der Waals surface area (Å²) in [4.78, 5) is 3.17. The van der Waals surface area contributed by atoms with Gasteiger partial charge in [0.2, 0.25) is 5.88 Å². The minimum absolute atomic E-state index is 0.0472. The fourth-order valence-corrected chi connectivity index (χ4v) is 2.27. The minimum Gasteiger partial charge on any atom is -0.492 e. The maximum atomic E-state index is 13.1. The Balaban J connectivity index is 2.46. The maximum Gasteiger partial charge on any atom is 0.358 e. The van der Waals surface area contributed by atoms with E-state index in [1.807, 2.05) is 0 Å². The molecule has 1 heterocycles. The van der Waals surface area contributed by atoms with Crippen LogP contribution in [0.5, 0.6) is 5.88 Å². The molecule has 0 fully saturated rings. The van der Waals surface area contributed by atoms with Gasteiger partial charge in [-0.1, -0.05) is 30.3 Å². The lowest BCUT2D eigenvalue weighted by Crippen LogP contribution is -2.23. The molecule has 0 radical (unpaired) electrons. The molecular weight excluding hydrogens is 270 g/mol. The number of halogens is 4. The molecule has 2 nitrogen and oxygen atoms in total. The highest BCUT2D eigenvalue weighted by Crippen LogP contribution is 2.43. The molecule has 1 N–H and O–H groups in total. The first-order valence-electron chi connectivity index (χ1n) is 4.84. The van der Waals surface area contributed by atoms with Crippen LogP contribution in [0.25, 0.3) is 10.4 Å². The largest absolute Gasteiger partial charge is 0.492 e. The molecule has 2 aromatic rings. The van der Waals surface area contributed by atoms with Crippen LogP contribution in [-0.2, 0) is 5.92 Å². The van der Waals surface area contributed by atoms with Crippen molar-refractivity contribution in [2.45, 2.75) is 12.3 Å². The normalized spacial score (nSPS) is 12.1. The van der Waals surface area contributed by atoms with E-state index in [0.717, 1.165) is 0 Å². The molecule has 0 spiro atoms. The molecule has 96 valence electrons. The van der Waals surface area contributed by atoms with Crippen molar-refractivity contribution in [2.24, 2.45) is 0 Å². The average molecular weight is 277 g/mol. The van der Waals surface area contributed by atoms with Crippen molar-refractivity contribution in [1.29, 1.82) is 0 Å². The summed E-state index contributed by atoms with van der Waals surface area (Å²) < 4.78 is 50.5. The van der Waals surface area contributed by atoms with Crippen LogP contribution in [0, 0.1) is 0 Å². The highest BCUT2D eigenvalue weighted by Gasteiger charge is 2.46. The van der Waals surface area contributed by atoms with Crippen molar-refractivity contribution < 1.29 is 22.7 Å². The molecule has 0 saturated heterocycles. The zero-order chi connectivity index (χ0) is 13.3. The van der Waals surface area contributed by atoms with Crippen LogP contribution in [0.2, 0.25) is 0 Å². The van der Waals surface area contributed by atoms with Gasteiger partial charge in [0.1, 0.15) is 0 Å². The van der Waals surface area contributed by atoms with Gasteiger partial charge in [-0.15, -0.1) is 11.3 Å². The van der Waals surface area contributed by atoms with Crippen LogP contribution in [0.15, 0.2) is 30.3 Å². The topological polar surface area (TPSA) is 33.1 Å². The maximum absolute atomic E-state index is 13.1. The number of aromatic nitrogens is 1. The summed E-state index contributed by atoms with van der Waals surface area (Å²) in [5.41, 5.74) is 0.448. The molecule has 1 aromatic heterocycles. The van der Waals surface area contributed by atoms with E-state index in [-0.39, 0.29) is 4.88 Å². The Kier molecular flexibility index (Phi) is 3.25. The van der Waals surface area contributed by atoms with Gasteiger partial charge in [0.25, 0.3) is 0 Å². The van der Waals surface area contributed by atoms with Gasteiger partial charge in [-0.2, -0.15) is 13.8 Å². The molecule has 0 unspecified atom stereocenters. The van der Waals surface area contributed by atoms with Crippen molar-refractivity contribution in [3.8, 4) is 16.3 Å². The van der Waals surface area contributed by atoms with Crippen LogP contribution < -0.4 is 0 Å². The molecule has 0 aliphatic rings. The third kappa shape index (κ3) is 2.17. The lowest BCUT2D eigenvalue weighted by molar-refractivity contribution is -0.135.